The number of hydrogen-bond donors (Lipinski definition) is 0. The Kier molecular flexibility index (Phi) is 12.1. The maximum atomic E-state index is 12.4. The van der Waals surface area contributed by atoms with Gasteiger partial charge in [-0.1, -0.05) is 60.6 Å². The fourth-order valence-electron chi connectivity index (χ4n) is 5.16. The minimum absolute atomic E-state index is 0.116. The molecule has 0 bridgehead atoms. The average Bonchev–Trinajstić information content (AvgIpc) is 3.12. The van der Waals surface area contributed by atoms with Crippen molar-refractivity contribution in [3.8, 4) is 0 Å². The number of hydrogen-bond acceptors (Lipinski definition) is 8. The molecule has 1 fully saturated rings. The summed E-state index contributed by atoms with van der Waals surface area (Å²) >= 11 is 0. The van der Waals surface area contributed by atoms with E-state index in [-0.39, 0.29) is 56.2 Å². The minimum atomic E-state index is -2.45. The van der Waals surface area contributed by atoms with Gasteiger partial charge in [0.05, 0.1) is 49.7 Å². The highest BCUT2D eigenvalue weighted by Gasteiger charge is 2.49. The number of nitrogens with zero attached hydrogens (tertiary/aromatic N) is 1. The quantitative estimate of drug-likeness (QED) is 0.133. The number of carbonyl (C=O) groups is 2. The normalized spacial score (nSPS) is 22.5. The van der Waals surface area contributed by atoms with Crippen LogP contribution >= 0.6 is 0 Å². The third-order valence-electron chi connectivity index (χ3n) is 7.39. The second-order valence-electron chi connectivity index (χ2n) is 11.1. The van der Waals surface area contributed by atoms with Crippen LogP contribution in [0.15, 0.2) is 24.3 Å². The summed E-state index contributed by atoms with van der Waals surface area (Å²) < 4.78 is 37.0. The fourth-order valence-corrected chi connectivity index (χ4v) is 8.90. The van der Waals surface area contributed by atoms with Crippen LogP contribution in [0.2, 0.25) is 11.1 Å². The zero-order valence-corrected chi connectivity index (χ0v) is 25.6. The Bertz CT molecular complexity index is 897. The zero-order chi connectivity index (χ0) is 28.6. The maximum Gasteiger partial charge on any atom is 0.345 e. The maximum absolute atomic E-state index is 12.4. The summed E-state index contributed by atoms with van der Waals surface area (Å²) in [5.74, 6) is -0.365. The highest BCUT2D eigenvalue weighted by atomic mass is 28.4. The molecule has 2 aliphatic heterocycles. The van der Waals surface area contributed by atoms with Gasteiger partial charge in [0.25, 0.3) is 11.8 Å². The van der Waals surface area contributed by atoms with Crippen molar-refractivity contribution in [1.29, 1.82) is 0 Å². The van der Waals surface area contributed by atoms with Crippen LogP contribution in [-0.2, 0) is 27.8 Å². The van der Waals surface area contributed by atoms with Gasteiger partial charge in [0.2, 0.25) is 0 Å². The Morgan fingerprint density at radius 1 is 0.949 bits per heavy atom. The molecule has 220 valence electrons. The van der Waals surface area contributed by atoms with Crippen LogP contribution in [0.3, 0.4) is 0 Å². The molecule has 2 heterocycles. The molecule has 0 radical (unpaired) electrons. The van der Waals surface area contributed by atoms with E-state index >= 15 is 0 Å². The molecule has 9 nitrogen and oxygen atoms in total. The molecule has 39 heavy (non-hydrogen) atoms. The van der Waals surface area contributed by atoms with E-state index in [9.17, 15) is 9.59 Å². The summed E-state index contributed by atoms with van der Waals surface area (Å²) in [6, 6.07) is 6.85. The van der Waals surface area contributed by atoms with Crippen LogP contribution in [0.5, 0.6) is 0 Å². The van der Waals surface area contributed by atoms with E-state index in [0.717, 1.165) is 12.8 Å². The van der Waals surface area contributed by atoms with Gasteiger partial charge in [0.1, 0.15) is 6.79 Å². The van der Waals surface area contributed by atoms with Crippen molar-refractivity contribution >= 4 is 20.4 Å². The molecule has 0 aliphatic carbocycles. The van der Waals surface area contributed by atoms with Gasteiger partial charge in [-0.05, 0) is 36.1 Å². The second-order valence-corrected chi connectivity index (χ2v) is 15.4. The summed E-state index contributed by atoms with van der Waals surface area (Å²) in [6.45, 7) is 16.9. The van der Waals surface area contributed by atoms with Crippen molar-refractivity contribution in [2.75, 3.05) is 39.8 Å². The molecule has 1 saturated heterocycles. The Labute approximate surface area is 234 Å². The van der Waals surface area contributed by atoms with Crippen molar-refractivity contribution in [3.63, 3.8) is 0 Å². The van der Waals surface area contributed by atoms with Gasteiger partial charge in [0.15, 0.2) is 6.29 Å². The molecule has 3 atom stereocenters. The first-order valence-electron chi connectivity index (χ1n) is 14.3. The molecule has 10 heteroatoms. The first-order valence-corrected chi connectivity index (χ1v) is 16.3. The van der Waals surface area contributed by atoms with Crippen molar-refractivity contribution in [2.45, 2.75) is 90.9 Å². The summed E-state index contributed by atoms with van der Waals surface area (Å²) in [5.41, 5.74) is 1.53. The Morgan fingerprint density at radius 3 is 2.13 bits per heavy atom. The number of imide groups is 1. The van der Waals surface area contributed by atoms with E-state index in [2.05, 4.69) is 48.5 Å². The van der Waals surface area contributed by atoms with Gasteiger partial charge in [-0.2, -0.15) is 0 Å². The highest BCUT2D eigenvalue weighted by Crippen LogP contribution is 2.38. The number of amides is 2. The predicted octanol–water partition coefficient (Wildman–Crippen LogP) is 5.13. The smallest absolute Gasteiger partial charge is 0.345 e. The lowest BCUT2D eigenvalue weighted by molar-refractivity contribution is -0.217. The van der Waals surface area contributed by atoms with Gasteiger partial charge < -0.3 is 27.8 Å². The predicted molar refractivity (Wildman–Crippen MR) is 150 cm³/mol. The first-order chi connectivity index (χ1) is 18.6. The summed E-state index contributed by atoms with van der Waals surface area (Å²) in [7, 11) is -2.45. The molecule has 1 aromatic carbocycles. The molecule has 2 amide bonds. The lowest BCUT2D eigenvalue weighted by Gasteiger charge is -2.44. The first kappa shape index (κ1) is 31.9. The Morgan fingerprint density at radius 2 is 1.56 bits per heavy atom. The van der Waals surface area contributed by atoms with Crippen molar-refractivity contribution in [3.05, 3.63) is 35.4 Å². The molecular formula is C29H47NO8Si. The van der Waals surface area contributed by atoms with E-state index in [1.807, 2.05) is 0 Å². The second kappa shape index (κ2) is 14.8. The fraction of sp³-hybridized carbons (Fsp3) is 0.724. The van der Waals surface area contributed by atoms with Gasteiger partial charge >= 0.3 is 8.56 Å². The molecule has 3 rings (SSSR count). The number of fused-ring (bicyclic) bond motifs is 1. The summed E-state index contributed by atoms with van der Waals surface area (Å²) in [4.78, 5) is 26.0. The summed E-state index contributed by atoms with van der Waals surface area (Å²) in [6.07, 6.45) is 0.849. The zero-order valence-electron chi connectivity index (χ0n) is 24.6. The minimum Gasteiger partial charge on any atom is -0.394 e. The van der Waals surface area contributed by atoms with Gasteiger partial charge in [-0.3, -0.25) is 14.5 Å². The lowest BCUT2D eigenvalue weighted by Crippen LogP contribution is -2.55. The molecular weight excluding hydrogens is 518 g/mol. The molecule has 0 spiro atoms. The average molecular weight is 566 g/mol. The van der Waals surface area contributed by atoms with Crippen molar-refractivity contribution < 1.29 is 37.4 Å². The Hall–Kier alpha value is -1.66. The van der Waals surface area contributed by atoms with E-state index in [1.54, 1.807) is 24.3 Å². The van der Waals surface area contributed by atoms with E-state index in [0.29, 0.717) is 42.0 Å². The van der Waals surface area contributed by atoms with Gasteiger partial charge in [0, 0.05) is 12.5 Å². The Balaban J connectivity index is 1.39. The standard InChI is InChI=1S/C29H47NO8Si/c1-8-25(26-13-15-36-39(21(4)5,22(6)7)38-29(37-26)20(2)3)35-19-34-18-17-33-16-14-30-27(31)23-11-9-10-12-24(23)28(30)32/h9-12,20-22,25-26,29H,8,13-19H2,1-7H3/t25-,26+,29-/m0/s1. The van der Waals surface area contributed by atoms with Crippen molar-refractivity contribution in [2.24, 2.45) is 5.92 Å². The largest absolute Gasteiger partial charge is 0.394 e. The third kappa shape index (κ3) is 7.75. The van der Waals surface area contributed by atoms with E-state index in [4.69, 9.17) is 27.8 Å². The van der Waals surface area contributed by atoms with Crippen LogP contribution in [0.4, 0.5) is 0 Å². The molecule has 0 unspecified atom stereocenters. The molecule has 2 aliphatic rings. The topological polar surface area (TPSA) is 92.8 Å². The monoisotopic (exact) mass is 565 g/mol. The molecule has 0 aromatic heterocycles. The number of carbonyl (C=O) groups excluding carboxylic acids is 2. The molecule has 1 aromatic rings. The van der Waals surface area contributed by atoms with Gasteiger partial charge in [-0.15, -0.1) is 0 Å². The third-order valence-corrected chi connectivity index (χ3v) is 11.9. The van der Waals surface area contributed by atoms with Crippen LogP contribution in [0, 0.1) is 5.92 Å². The number of ether oxygens (including phenoxy) is 4. The number of benzene rings is 1. The molecule has 0 saturated carbocycles. The van der Waals surface area contributed by atoms with Crippen LogP contribution in [0.1, 0.15) is 82.0 Å². The van der Waals surface area contributed by atoms with Crippen molar-refractivity contribution in [1.82, 2.24) is 4.90 Å². The number of rotatable bonds is 14. The van der Waals surface area contributed by atoms with E-state index in [1.165, 1.54) is 4.90 Å². The van der Waals surface area contributed by atoms with Crippen LogP contribution in [-0.4, -0.2) is 83.5 Å². The van der Waals surface area contributed by atoms with E-state index < -0.39 is 8.56 Å². The lowest BCUT2D eigenvalue weighted by atomic mass is 10.1. The van der Waals surface area contributed by atoms with Gasteiger partial charge in [-0.25, -0.2) is 0 Å². The SMILES string of the molecule is CC[C@H](OCOCCOCCN1C(=O)c2ccccc2C1=O)[C@H]1CCO[Si](C(C)C)(C(C)C)O[C@@H](C(C)C)O1. The molecule has 0 N–H and O–H groups in total. The van der Waals surface area contributed by atoms with Crippen LogP contribution < -0.4 is 0 Å². The van der Waals surface area contributed by atoms with Crippen LogP contribution in [0.25, 0.3) is 0 Å². The summed E-state index contributed by atoms with van der Waals surface area (Å²) in [5, 5.41) is 0. The highest BCUT2D eigenvalue weighted by molar-refractivity contribution is 6.70.